The van der Waals surface area contributed by atoms with E-state index in [0.717, 1.165) is 14.5 Å². The Morgan fingerprint density at radius 2 is 2.11 bits per heavy atom. The first kappa shape index (κ1) is 13.4. The van der Waals surface area contributed by atoms with Crippen LogP contribution in [0.3, 0.4) is 0 Å². The van der Waals surface area contributed by atoms with Gasteiger partial charge in [-0.15, -0.1) is 11.3 Å². The van der Waals surface area contributed by atoms with Crippen LogP contribution in [-0.2, 0) is 13.6 Å². The number of aryl methyl sites for hydroxylation is 1. The molecule has 0 atom stereocenters. The van der Waals surface area contributed by atoms with Crippen molar-refractivity contribution in [2.24, 2.45) is 7.05 Å². The van der Waals surface area contributed by atoms with Gasteiger partial charge in [0.25, 0.3) is 5.56 Å². The van der Waals surface area contributed by atoms with Crippen molar-refractivity contribution >= 4 is 17.1 Å². The van der Waals surface area contributed by atoms with Crippen molar-refractivity contribution in [2.45, 2.75) is 20.4 Å². The summed E-state index contributed by atoms with van der Waals surface area (Å²) in [7, 11) is 1.37. The van der Waals surface area contributed by atoms with Crippen LogP contribution in [0.25, 0.3) is 0 Å². The fraction of sp³-hybridized carbons (Fsp3) is 0.333. The summed E-state index contributed by atoms with van der Waals surface area (Å²) in [6, 6.07) is 0. The van der Waals surface area contributed by atoms with Crippen LogP contribution in [0, 0.1) is 6.92 Å². The predicted octanol–water partition coefficient (Wildman–Crippen LogP) is 0.563. The molecule has 2 aromatic rings. The van der Waals surface area contributed by atoms with Gasteiger partial charge in [-0.1, -0.05) is 0 Å². The first-order valence-corrected chi connectivity index (χ1v) is 6.44. The van der Waals surface area contributed by atoms with Crippen molar-refractivity contribution in [3.8, 4) is 0 Å². The summed E-state index contributed by atoms with van der Waals surface area (Å²) in [6.45, 7) is 3.49. The molecule has 0 aliphatic carbocycles. The topological polar surface area (TPSA) is 74.0 Å². The predicted molar refractivity (Wildman–Crippen MR) is 71.9 cm³/mol. The van der Waals surface area contributed by atoms with Gasteiger partial charge in [0, 0.05) is 24.3 Å². The number of carbonyl (C=O) groups excluding carboxylic acids is 1. The second-order valence-corrected chi connectivity index (χ2v) is 5.54. The highest BCUT2D eigenvalue weighted by Gasteiger charge is 2.12. The van der Waals surface area contributed by atoms with Crippen molar-refractivity contribution in [1.82, 2.24) is 14.1 Å². The van der Waals surface area contributed by atoms with Crippen molar-refractivity contribution < 1.29 is 4.79 Å². The molecule has 0 amide bonds. The third-order valence-electron chi connectivity index (χ3n) is 2.73. The van der Waals surface area contributed by atoms with Gasteiger partial charge in [0.2, 0.25) is 0 Å². The summed E-state index contributed by atoms with van der Waals surface area (Å²) in [5, 5.41) is 0.902. The molecule has 0 aliphatic heterocycles. The molecule has 0 saturated carbocycles. The van der Waals surface area contributed by atoms with Gasteiger partial charge >= 0.3 is 5.69 Å². The van der Waals surface area contributed by atoms with E-state index < -0.39 is 11.2 Å². The molecule has 0 bridgehead atoms. The van der Waals surface area contributed by atoms with Crippen LogP contribution < -0.4 is 11.2 Å². The van der Waals surface area contributed by atoms with Crippen LogP contribution in [-0.4, -0.2) is 19.9 Å². The van der Waals surface area contributed by atoms with Crippen LogP contribution in [0.15, 0.2) is 22.0 Å². The molecule has 0 aliphatic rings. The first-order chi connectivity index (χ1) is 8.90. The third kappa shape index (κ3) is 2.55. The molecule has 6 nitrogen and oxygen atoms in total. The second kappa shape index (κ2) is 4.93. The number of nitrogens with zero attached hydrogens (tertiary/aromatic N) is 3. The molecule has 2 rings (SSSR count). The van der Waals surface area contributed by atoms with E-state index in [9.17, 15) is 14.4 Å². The van der Waals surface area contributed by atoms with Crippen LogP contribution >= 0.6 is 11.3 Å². The molecule has 0 spiro atoms. The number of thiazole rings is 1. The highest BCUT2D eigenvalue weighted by molar-refractivity contribution is 7.11. The van der Waals surface area contributed by atoms with E-state index >= 15 is 0 Å². The van der Waals surface area contributed by atoms with E-state index in [4.69, 9.17) is 0 Å². The fourth-order valence-corrected chi connectivity index (χ4v) is 2.52. The zero-order chi connectivity index (χ0) is 14.2. The lowest BCUT2D eigenvalue weighted by atomic mass is 10.2. The summed E-state index contributed by atoms with van der Waals surface area (Å²) < 4.78 is 2.30. The molecular weight excluding hydrogens is 266 g/mol. The molecule has 0 aromatic carbocycles. The number of aromatic nitrogens is 3. The number of ketones is 1. The minimum absolute atomic E-state index is 0.0170. The Kier molecular flexibility index (Phi) is 3.48. The lowest BCUT2D eigenvalue weighted by Gasteiger charge is -2.07. The monoisotopic (exact) mass is 279 g/mol. The SMILES string of the molecule is CC(=O)c1cn(Cc2cnc(C)s2)c(=O)n(C)c1=O. The molecule has 0 unspecified atom stereocenters. The van der Waals surface area contributed by atoms with Gasteiger partial charge in [0.05, 0.1) is 17.1 Å². The zero-order valence-corrected chi connectivity index (χ0v) is 11.7. The van der Waals surface area contributed by atoms with Crippen LogP contribution in [0.4, 0.5) is 0 Å². The smallest absolute Gasteiger partial charge is 0.294 e. The quantitative estimate of drug-likeness (QED) is 0.770. The molecule has 0 saturated heterocycles. The Balaban J connectivity index is 2.55. The van der Waals surface area contributed by atoms with Crippen molar-refractivity contribution in [2.75, 3.05) is 0 Å². The summed E-state index contributed by atoms with van der Waals surface area (Å²) in [6.07, 6.45) is 3.01. The maximum atomic E-state index is 12.0. The van der Waals surface area contributed by atoms with Crippen molar-refractivity contribution in [3.63, 3.8) is 0 Å². The first-order valence-electron chi connectivity index (χ1n) is 5.63. The highest BCUT2D eigenvalue weighted by atomic mass is 32.1. The molecule has 100 valence electrons. The normalized spacial score (nSPS) is 10.7. The summed E-state index contributed by atoms with van der Waals surface area (Å²) in [5.74, 6) is -0.352. The molecular formula is C12H13N3O3S. The van der Waals surface area contributed by atoms with Gasteiger partial charge in [-0.25, -0.2) is 9.78 Å². The molecule has 7 heteroatoms. The Hall–Kier alpha value is -2.02. The standard InChI is InChI=1S/C12H13N3O3S/c1-7(16)10-6-15(12(18)14(3)11(10)17)5-9-4-13-8(2)19-9/h4,6H,5H2,1-3H3. The van der Waals surface area contributed by atoms with Crippen LogP contribution in [0.5, 0.6) is 0 Å². The molecule has 19 heavy (non-hydrogen) atoms. The lowest BCUT2D eigenvalue weighted by Crippen LogP contribution is -2.40. The van der Waals surface area contributed by atoms with Crippen LogP contribution in [0.2, 0.25) is 0 Å². The summed E-state index contributed by atoms with van der Waals surface area (Å²) in [5.41, 5.74) is -0.987. The number of hydrogen-bond acceptors (Lipinski definition) is 5. The number of rotatable bonds is 3. The van der Waals surface area contributed by atoms with Gasteiger partial charge in [-0.3, -0.25) is 18.7 Å². The average Bonchev–Trinajstić information content (AvgIpc) is 2.75. The van der Waals surface area contributed by atoms with Gasteiger partial charge in [-0.2, -0.15) is 0 Å². The van der Waals surface area contributed by atoms with E-state index in [0.29, 0.717) is 6.54 Å². The summed E-state index contributed by atoms with van der Waals surface area (Å²) in [4.78, 5) is 40.1. The maximum Gasteiger partial charge on any atom is 0.331 e. The Morgan fingerprint density at radius 3 is 2.63 bits per heavy atom. The fourth-order valence-electron chi connectivity index (χ4n) is 1.73. The van der Waals surface area contributed by atoms with E-state index in [-0.39, 0.29) is 11.3 Å². The van der Waals surface area contributed by atoms with Crippen molar-refractivity contribution in [1.29, 1.82) is 0 Å². The Morgan fingerprint density at radius 1 is 1.42 bits per heavy atom. The minimum Gasteiger partial charge on any atom is -0.294 e. The van der Waals surface area contributed by atoms with Gasteiger partial charge in [0.15, 0.2) is 5.78 Å². The largest absolute Gasteiger partial charge is 0.331 e. The second-order valence-electron chi connectivity index (χ2n) is 4.22. The molecule has 2 aromatic heterocycles. The van der Waals surface area contributed by atoms with E-state index in [1.165, 1.54) is 36.1 Å². The van der Waals surface area contributed by atoms with Crippen LogP contribution in [0.1, 0.15) is 27.2 Å². The molecule has 0 fully saturated rings. The lowest BCUT2D eigenvalue weighted by molar-refractivity contribution is 0.101. The Labute approximate surface area is 113 Å². The molecule has 0 N–H and O–H groups in total. The summed E-state index contributed by atoms with van der Waals surface area (Å²) >= 11 is 1.47. The molecule has 0 radical (unpaired) electrons. The number of carbonyl (C=O) groups is 1. The van der Waals surface area contributed by atoms with Gasteiger partial charge < -0.3 is 0 Å². The number of hydrogen-bond donors (Lipinski definition) is 0. The average molecular weight is 279 g/mol. The Bertz CT molecular complexity index is 754. The number of Topliss-reactive ketones (excluding diaryl/α,β-unsaturated/α-hetero) is 1. The van der Waals surface area contributed by atoms with Gasteiger partial charge in [-0.05, 0) is 13.8 Å². The highest BCUT2D eigenvalue weighted by Crippen LogP contribution is 2.12. The van der Waals surface area contributed by atoms with E-state index in [1.807, 2.05) is 6.92 Å². The van der Waals surface area contributed by atoms with Crippen molar-refractivity contribution in [3.05, 3.63) is 48.7 Å². The van der Waals surface area contributed by atoms with E-state index in [2.05, 4.69) is 4.98 Å². The molecule has 2 heterocycles. The third-order valence-corrected chi connectivity index (χ3v) is 3.62. The van der Waals surface area contributed by atoms with E-state index in [1.54, 1.807) is 6.20 Å². The van der Waals surface area contributed by atoms with Gasteiger partial charge in [0.1, 0.15) is 0 Å². The minimum atomic E-state index is -0.561. The zero-order valence-electron chi connectivity index (χ0n) is 10.8. The maximum absolute atomic E-state index is 12.0.